The fourth-order valence-electron chi connectivity index (χ4n) is 2.56. The number of ether oxygens (including phenoxy) is 2. The molecule has 1 amide bonds. The van der Waals surface area contributed by atoms with Gasteiger partial charge in [-0.1, -0.05) is 41.9 Å². The molecule has 0 fully saturated rings. The zero-order valence-electron chi connectivity index (χ0n) is 14.9. The lowest BCUT2D eigenvalue weighted by atomic mass is 10.0. The van der Waals surface area contributed by atoms with Crippen LogP contribution in [0.15, 0.2) is 65.3 Å². The minimum atomic E-state index is -0.319. The monoisotopic (exact) mass is 383 g/mol. The van der Waals surface area contributed by atoms with Gasteiger partial charge in [0, 0.05) is 12.1 Å². The van der Waals surface area contributed by atoms with Crippen molar-refractivity contribution in [3.63, 3.8) is 0 Å². The molecule has 0 atom stereocenters. The van der Waals surface area contributed by atoms with E-state index in [0.717, 1.165) is 5.56 Å². The largest absolute Gasteiger partial charge is 0.495 e. The van der Waals surface area contributed by atoms with Crippen LogP contribution in [0.5, 0.6) is 11.5 Å². The number of anilines is 1. The van der Waals surface area contributed by atoms with Gasteiger partial charge in [-0.05, 0) is 23.8 Å². The van der Waals surface area contributed by atoms with Crippen molar-refractivity contribution in [1.82, 2.24) is 0 Å². The van der Waals surface area contributed by atoms with E-state index >= 15 is 0 Å². The van der Waals surface area contributed by atoms with E-state index in [1.807, 2.05) is 30.3 Å². The Morgan fingerprint density at radius 2 is 1.78 bits per heavy atom. The fraction of sp³-hybridized carbons (Fsp3) is 0.0952. The summed E-state index contributed by atoms with van der Waals surface area (Å²) in [5.41, 5.74) is 1.65. The maximum Gasteiger partial charge on any atom is 0.256 e. The van der Waals surface area contributed by atoms with Crippen molar-refractivity contribution in [2.24, 2.45) is 0 Å². The second-order valence-corrected chi connectivity index (χ2v) is 5.99. The van der Waals surface area contributed by atoms with E-state index in [9.17, 15) is 4.79 Å². The number of carbonyl (C=O) groups excluding carboxylic acids is 1. The van der Waals surface area contributed by atoms with Gasteiger partial charge in [-0.25, -0.2) is 0 Å². The molecule has 5 nitrogen and oxygen atoms in total. The summed E-state index contributed by atoms with van der Waals surface area (Å²) < 4.78 is 15.9. The molecule has 0 unspecified atom stereocenters. The van der Waals surface area contributed by atoms with Crippen LogP contribution in [0.2, 0.25) is 5.02 Å². The number of carbonyl (C=O) groups is 1. The Morgan fingerprint density at radius 3 is 2.41 bits per heavy atom. The molecule has 0 spiro atoms. The molecule has 0 radical (unpaired) electrons. The van der Waals surface area contributed by atoms with Gasteiger partial charge in [-0.15, -0.1) is 0 Å². The quantitative estimate of drug-likeness (QED) is 0.599. The lowest BCUT2D eigenvalue weighted by molar-refractivity contribution is -0.111. The van der Waals surface area contributed by atoms with Gasteiger partial charge in [-0.2, -0.15) is 0 Å². The van der Waals surface area contributed by atoms with Crippen LogP contribution in [0.25, 0.3) is 11.6 Å². The first-order chi connectivity index (χ1) is 13.1. The highest BCUT2D eigenvalue weighted by atomic mass is 35.5. The summed E-state index contributed by atoms with van der Waals surface area (Å²) in [5.74, 6) is 1.12. The number of furan rings is 1. The van der Waals surface area contributed by atoms with E-state index in [-0.39, 0.29) is 5.91 Å². The van der Waals surface area contributed by atoms with Gasteiger partial charge in [0.25, 0.3) is 5.91 Å². The van der Waals surface area contributed by atoms with Crippen LogP contribution in [0.4, 0.5) is 5.69 Å². The van der Waals surface area contributed by atoms with Crippen LogP contribution in [-0.2, 0) is 4.79 Å². The standard InChI is InChI=1S/C21H18ClNO4/c1-25-19-13-18(20(26-2)12-17(19)22)23-21(24)16(11-15-9-6-10-27-15)14-7-4-3-5-8-14/h3-13H,1-2H3,(H,23,24)/b16-11+. The van der Waals surface area contributed by atoms with Crippen LogP contribution in [0.3, 0.4) is 0 Å². The second-order valence-electron chi connectivity index (χ2n) is 5.58. The molecule has 1 aromatic heterocycles. The molecule has 0 saturated carbocycles. The molecule has 138 valence electrons. The molecule has 0 aliphatic carbocycles. The molecule has 3 aromatic rings. The van der Waals surface area contributed by atoms with Crippen molar-refractivity contribution in [3.8, 4) is 11.5 Å². The Hall–Kier alpha value is -3.18. The van der Waals surface area contributed by atoms with Crippen LogP contribution in [0.1, 0.15) is 11.3 Å². The third kappa shape index (κ3) is 4.33. The highest BCUT2D eigenvalue weighted by Gasteiger charge is 2.17. The number of hydrogen-bond donors (Lipinski definition) is 1. The van der Waals surface area contributed by atoms with Gasteiger partial charge in [0.05, 0.1) is 36.8 Å². The van der Waals surface area contributed by atoms with E-state index in [4.69, 9.17) is 25.5 Å². The zero-order valence-corrected chi connectivity index (χ0v) is 15.6. The summed E-state index contributed by atoms with van der Waals surface area (Å²) in [5, 5.41) is 3.25. The second kappa shape index (κ2) is 8.47. The number of benzene rings is 2. The van der Waals surface area contributed by atoms with Gasteiger partial charge in [0.2, 0.25) is 0 Å². The average molecular weight is 384 g/mol. The first-order valence-electron chi connectivity index (χ1n) is 8.16. The Morgan fingerprint density at radius 1 is 1.04 bits per heavy atom. The minimum Gasteiger partial charge on any atom is -0.495 e. The molecule has 1 heterocycles. The van der Waals surface area contributed by atoms with Crippen molar-refractivity contribution in [3.05, 3.63) is 77.2 Å². The van der Waals surface area contributed by atoms with E-state index in [2.05, 4.69) is 5.32 Å². The van der Waals surface area contributed by atoms with E-state index in [1.165, 1.54) is 14.2 Å². The molecular formula is C21H18ClNO4. The van der Waals surface area contributed by atoms with E-state index in [0.29, 0.717) is 33.5 Å². The normalized spacial score (nSPS) is 11.1. The van der Waals surface area contributed by atoms with Crippen LogP contribution in [0, 0.1) is 0 Å². The Balaban J connectivity index is 1.99. The molecule has 1 N–H and O–H groups in total. The minimum absolute atomic E-state index is 0.319. The number of hydrogen-bond acceptors (Lipinski definition) is 4. The molecule has 6 heteroatoms. The third-order valence-electron chi connectivity index (χ3n) is 3.88. The molecule has 0 aliphatic heterocycles. The van der Waals surface area contributed by atoms with E-state index in [1.54, 1.807) is 36.6 Å². The summed E-state index contributed by atoms with van der Waals surface area (Å²) >= 11 is 6.13. The van der Waals surface area contributed by atoms with Crippen LogP contribution >= 0.6 is 11.6 Å². The van der Waals surface area contributed by atoms with Crippen molar-refractivity contribution in [2.45, 2.75) is 0 Å². The fourth-order valence-corrected chi connectivity index (χ4v) is 2.79. The first kappa shape index (κ1) is 18.6. The van der Waals surface area contributed by atoms with Crippen molar-refractivity contribution < 1.29 is 18.7 Å². The average Bonchev–Trinajstić information content (AvgIpc) is 3.21. The van der Waals surface area contributed by atoms with Crippen molar-refractivity contribution >= 4 is 34.8 Å². The van der Waals surface area contributed by atoms with Gasteiger partial charge in [0.15, 0.2) is 0 Å². The Labute approximate surface area is 162 Å². The van der Waals surface area contributed by atoms with Gasteiger partial charge >= 0.3 is 0 Å². The molecular weight excluding hydrogens is 366 g/mol. The summed E-state index contributed by atoms with van der Waals surface area (Å²) in [6.45, 7) is 0. The van der Waals surface area contributed by atoms with Gasteiger partial charge < -0.3 is 19.2 Å². The van der Waals surface area contributed by atoms with E-state index < -0.39 is 0 Å². The summed E-state index contributed by atoms with van der Waals surface area (Å²) in [6, 6.07) is 16.1. The van der Waals surface area contributed by atoms with Gasteiger partial charge in [-0.3, -0.25) is 4.79 Å². The number of rotatable bonds is 6. The predicted molar refractivity (Wildman–Crippen MR) is 106 cm³/mol. The highest BCUT2D eigenvalue weighted by molar-refractivity contribution is 6.33. The zero-order chi connectivity index (χ0) is 19.2. The number of halogens is 1. The molecule has 0 saturated heterocycles. The molecule has 2 aromatic carbocycles. The highest BCUT2D eigenvalue weighted by Crippen LogP contribution is 2.36. The van der Waals surface area contributed by atoms with Crippen LogP contribution in [-0.4, -0.2) is 20.1 Å². The SMILES string of the molecule is COc1cc(NC(=O)/C(=C/c2ccco2)c2ccccc2)c(OC)cc1Cl. The number of methoxy groups -OCH3 is 2. The van der Waals surface area contributed by atoms with Crippen molar-refractivity contribution in [2.75, 3.05) is 19.5 Å². The molecule has 27 heavy (non-hydrogen) atoms. The van der Waals surface area contributed by atoms with Crippen molar-refractivity contribution in [1.29, 1.82) is 0 Å². The Bertz CT molecular complexity index is 950. The molecule has 0 bridgehead atoms. The summed E-state index contributed by atoms with van der Waals surface area (Å²) in [6.07, 6.45) is 3.24. The molecule has 0 aliphatic rings. The van der Waals surface area contributed by atoms with Gasteiger partial charge in [0.1, 0.15) is 17.3 Å². The topological polar surface area (TPSA) is 60.7 Å². The smallest absolute Gasteiger partial charge is 0.256 e. The Kier molecular flexibility index (Phi) is 5.84. The lowest BCUT2D eigenvalue weighted by Crippen LogP contribution is -2.14. The summed E-state index contributed by atoms with van der Waals surface area (Å²) in [4.78, 5) is 13.0. The lowest BCUT2D eigenvalue weighted by Gasteiger charge is -2.14. The number of amides is 1. The molecule has 3 rings (SSSR count). The maximum absolute atomic E-state index is 13.0. The maximum atomic E-state index is 13.0. The summed E-state index contributed by atoms with van der Waals surface area (Å²) in [7, 11) is 3.01. The van der Waals surface area contributed by atoms with Crippen LogP contribution < -0.4 is 14.8 Å². The first-order valence-corrected chi connectivity index (χ1v) is 8.53. The predicted octanol–water partition coefficient (Wildman–Crippen LogP) is 5.13. The number of nitrogens with one attached hydrogen (secondary N) is 1. The third-order valence-corrected chi connectivity index (χ3v) is 4.18.